The number of rotatable bonds is 2. The number of benzene rings is 1. The predicted octanol–water partition coefficient (Wildman–Crippen LogP) is 3.97. The van der Waals surface area contributed by atoms with Gasteiger partial charge in [-0.05, 0) is 26.3 Å². The van der Waals surface area contributed by atoms with Gasteiger partial charge in [0.25, 0.3) is 0 Å². The molecule has 1 fully saturated rings. The molecule has 112 valence electrons. The van der Waals surface area contributed by atoms with E-state index >= 15 is 0 Å². The summed E-state index contributed by atoms with van der Waals surface area (Å²) in [5.74, 6) is -0.607. The first-order valence-electron chi connectivity index (χ1n) is 6.23. The molecule has 0 N–H and O–H groups in total. The maximum Gasteiger partial charge on any atom is 0.417 e. The van der Waals surface area contributed by atoms with Crippen LogP contribution < -0.4 is 4.74 Å². The van der Waals surface area contributed by atoms with Crippen molar-refractivity contribution in [1.82, 2.24) is 0 Å². The van der Waals surface area contributed by atoms with Crippen LogP contribution in [0.5, 0.6) is 5.75 Å². The Kier molecular flexibility index (Phi) is 3.71. The van der Waals surface area contributed by atoms with Gasteiger partial charge in [0.15, 0.2) is 5.60 Å². The van der Waals surface area contributed by atoms with Gasteiger partial charge in [-0.15, -0.1) is 0 Å². The van der Waals surface area contributed by atoms with E-state index in [4.69, 9.17) is 9.47 Å². The molecule has 0 bridgehead atoms. The van der Waals surface area contributed by atoms with Crippen LogP contribution in [0.3, 0.4) is 0 Å². The van der Waals surface area contributed by atoms with Crippen molar-refractivity contribution in [3.8, 4) is 5.75 Å². The van der Waals surface area contributed by atoms with Gasteiger partial charge in [0.05, 0.1) is 13.7 Å². The van der Waals surface area contributed by atoms with E-state index in [0.717, 1.165) is 6.92 Å². The molecule has 2 atom stereocenters. The Hall–Kier alpha value is -1.30. The zero-order valence-corrected chi connectivity index (χ0v) is 11.5. The molecule has 0 spiro atoms. The van der Waals surface area contributed by atoms with Gasteiger partial charge in [-0.25, -0.2) is 4.39 Å². The van der Waals surface area contributed by atoms with Crippen molar-refractivity contribution in [3.05, 3.63) is 29.1 Å². The molecule has 6 heteroatoms. The van der Waals surface area contributed by atoms with Gasteiger partial charge < -0.3 is 9.47 Å². The van der Waals surface area contributed by atoms with Gasteiger partial charge in [0, 0.05) is 17.0 Å². The number of methoxy groups -OCH3 is 1. The zero-order valence-electron chi connectivity index (χ0n) is 11.5. The average molecular weight is 292 g/mol. The Labute approximate surface area is 114 Å². The molecule has 0 radical (unpaired) electrons. The van der Waals surface area contributed by atoms with Crippen molar-refractivity contribution in [2.24, 2.45) is 0 Å². The lowest BCUT2D eigenvalue weighted by Crippen LogP contribution is -2.41. The van der Waals surface area contributed by atoms with E-state index in [1.807, 2.05) is 0 Å². The van der Waals surface area contributed by atoms with E-state index in [-0.39, 0.29) is 13.0 Å². The fourth-order valence-corrected chi connectivity index (χ4v) is 2.55. The molecule has 0 aliphatic carbocycles. The Morgan fingerprint density at radius 3 is 2.50 bits per heavy atom. The first-order chi connectivity index (χ1) is 9.19. The molecular formula is C14H16F4O2. The molecule has 1 heterocycles. The number of ether oxygens (including phenoxy) is 2. The molecule has 0 amide bonds. The zero-order chi connectivity index (χ0) is 15.1. The van der Waals surface area contributed by atoms with Crippen molar-refractivity contribution in [2.45, 2.75) is 38.0 Å². The fraction of sp³-hybridized carbons (Fsp3) is 0.571. The highest BCUT2D eigenvalue weighted by molar-refractivity contribution is 5.44. The Morgan fingerprint density at radius 1 is 1.35 bits per heavy atom. The van der Waals surface area contributed by atoms with Crippen molar-refractivity contribution >= 4 is 0 Å². The highest BCUT2D eigenvalue weighted by Crippen LogP contribution is 2.48. The van der Waals surface area contributed by atoms with Crippen LogP contribution >= 0.6 is 0 Å². The first-order valence-corrected chi connectivity index (χ1v) is 6.23. The number of hydrogen-bond acceptors (Lipinski definition) is 2. The molecule has 0 unspecified atom stereocenters. The number of alkyl halides is 3. The molecule has 2 nitrogen and oxygen atoms in total. The fourth-order valence-electron chi connectivity index (χ4n) is 2.55. The van der Waals surface area contributed by atoms with Crippen molar-refractivity contribution in [1.29, 1.82) is 0 Å². The van der Waals surface area contributed by atoms with E-state index in [0.29, 0.717) is 16.9 Å². The minimum Gasteiger partial charge on any atom is -0.496 e. The second-order valence-corrected chi connectivity index (χ2v) is 5.24. The lowest BCUT2D eigenvalue weighted by atomic mass is 9.88. The van der Waals surface area contributed by atoms with Gasteiger partial charge in [-0.3, -0.25) is 0 Å². The summed E-state index contributed by atoms with van der Waals surface area (Å²) in [6.45, 7) is 2.52. The highest BCUT2D eigenvalue weighted by atomic mass is 19.4. The molecular weight excluding hydrogens is 276 g/mol. The van der Waals surface area contributed by atoms with Crippen LogP contribution in [0.25, 0.3) is 0 Å². The molecule has 1 aromatic carbocycles. The minimum absolute atomic E-state index is 0.0581. The molecule has 0 aromatic heterocycles. The van der Waals surface area contributed by atoms with Crippen molar-refractivity contribution in [2.75, 3.05) is 13.7 Å². The lowest BCUT2D eigenvalue weighted by molar-refractivity contribution is -0.255. The standard InChI is InChI=1S/C14H16F4O2/c1-8-11(15)5-4-10(12(8)19-3)9-6-13(2,20-7-9)14(16,17)18/h4-5,9H,6-7H2,1-3H3/t9-,13-/m0/s1. The summed E-state index contributed by atoms with van der Waals surface area (Å²) in [5.41, 5.74) is -1.31. The summed E-state index contributed by atoms with van der Waals surface area (Å²) in [7, 11) is 1.38. The largest absolute Gasteiger partial charge is 0.496 e. The molecule has 1 aliphatic heterocycles. The van der Waals surface area contributed by atoms with Gasteiger partial charge in [-0.1, -0.05) is 6.07 Å². The van der Waals surface area contributed by atoms with Gasteiger partial charge >= 0.3 is 6.18 Å². The third-order valence-corrected chi connectivity index (χ3v) is 3.85. The second-order valence-electron chi connectivity index (χ2n) is 5.24. The summed E-state index contributed by atoms with van der Waals surface area (Å²) in [6, 6.07) is 2.72. The summed E-state index contributed by atoms with van der Waals surface area (Å²) in [5, 5.41) is 0. The van der Waals surface area contributed by atoms with E-state index in [1.54, 1.807) is 0 Å². The predicted molar refractivity (Wildman–Crippen MR) is 65.5 cm³/mol. The normalized spacial score (nSPS) is 26.9. The van der Waals surface area contributed by atoms with E-state index < -0.39 is 23.5 Å². The van der Waals surface area contributed by atoms with Crippen molar-refractivity contribution < 1.29 is 27.0 Å². The average Bonchev–Trinajstić information content (AvgIpc) is 2.76. The van der Waals surface area contributed by atoms with E-state index in [2.05, 4.69) is 0 Å². The maximum atomic E-state index is 13.5. The quantitative estimate of drug-likeness (QED) is 0.768. The summed E-state index contributed by atoms with van der Waals surface area (Å²) in [4.78, 5) is 0. The summed E-state index contributed by atoms with van der Waals surface area (Å²) in [6.07, 6.45) is -4.62. The van der Waals surface area contributed by atoms with Gasteiger partial charge in [0.2, 0.25) is 0 Å². The first kappa shape index (κ1) is 15.1. The van der Waals surface area contributed by atoms with Crippen LogP contribution in [0, 0.1) is 12.7 Å². The molecule has 1 saturated heterocycles. The summed E-state index contributed by atoms with van der Waals surface area (Å²) < 4.78 is 62.4. The molecule has 1 aromatic rings. The monoisotopic (exact) mass is 292 g/mol. The van der Waals surface area contributed by atoms with Crippen LogP contribution in [-0.4, -0.2) is 25.5 Å². The van der Waals surface area contributed by atoms with Crippen LogP contribution in [0.2, 0.25) is 0 Å². The van der Waals surface area contributed by atoms with Crippen LogP contribution in [-0.2, 0) is 4.74 Å². The summed E-state index contributed by atoms with van der Waals surface area (Å²) >= 11 is 0. The smallest absolute Gasteiger partial charge is 0.417 e. The topological polar surface area (TPSA) is 18.5 Å². The van der Waals surface area contributed by atoms with Gasteiger partial charge in [0.1, 0.15) is 11.6 Å². The van der Waals surface area contributed by atoms with Crippen molar-refractivity contribution in [3.63, 3.8) is 0 Å². The molecule has 1 aliphatic rings. The van der Waals surface area contributed by atoms with Crippen LogP contribution in [0.4, 0.5) is 17.6 Å². The van der Waals surface area contributed by atoms with Gasteiger partial charge in [-0.2, -0.15) is 13.2 Å². The SMILES string of the molecule is COc1c([C@@H]2CO[C@](C)(C(F)(F)F)C2)ccc(F)c1C. The Morgan fingerprint density at radius 2 is 2.00 bits per heavy atom. The lowest BCUT2D eigenvalue weighted by Gasteiger charge is -2.26. The number of hydrogen-bond donors (Lipinski definition) is 0. The molecule has 0 saturated carbocycles. The third-order valence-electron chi connectivity index (χ3n) is 3.85. The van der Waals surface area contributed by atoms with E-state index in [1.165, 1.54) is 26.2 Å². The highest BCUT2D eigenvalue weighted by Gasteiger charge is 2.56. The minimum atomic E-state index is -4.43. The third kappa shape index (κ3) is 2.37. The van der Waals surface area contributed by atoms with Crippen LogP contribution in [0.15, 0.2) is 12.1 Å². The Bertz CT molecular complexity index is 513. The molecule has 20 heavy (non-hydrogen) atoms. The maximum absolute atomic E-state index is 13.5. The molecule has 2 rings (SSSR count). The Balaban J connectivity index is 2.34. The van der Waals surface area contributed by atoms with E-state index in [9.17, 15) is 17.6 Å². The second kappa shape index (κ2) is 4.91. The number of halogens is 4. The van der Waals surface area contributed by atoms with Crippen LogP contribution in [0.1, 0.15) is 30.4 Å².